The van der Waals surface area contributed by atoms with E-state index in [9.17, 15) is 14.4 Å². The van der Waals surface area contributed by atoms with Gasteiger partial charge in [0.2, 0.25) is 5.91 Å². The zero-order valence-electron chi connectivity index (χ0n) is 23.6. The van der Waals surface area contributed by atoms with Gasteiger partial charge in [0.05, 0.1) is 29.0 Å². The highest BCUT2D eigenvalue weighted by atomic mass is 32.1. The molecule has 0 bridgehead atoms. The Hall–Kier alpha value is -4.48. The third-order valence-corrected chi connectivity index (χ3v) is 8.53. The first-order valence-corrected chi connectivity index (χ1v) is 14.7. The molecule has 2 aliphatic rings. The van der Waals surface area contributed by atoms with Crippen molar-refractivity contribution >= 4 is 56.5 Å². The Morgan fingerprint density at radius 2 is 1.81 bits per heavy atom. The number of ether oxygens (including phenoxy) is 1. The summed E-state index contributed by atoms with van der Waals surface area (Å²) in [6.45, 7) is 2.26. The van der Waals surface area contributed by atoms with Gasteiger partial charge in [-0.1, -0.05) is 18.2 Å². The number of nitrogens with one attached hydrogen (secondary N) is 3. The topological polar surface area (TPSA) is 116 Å². The Labute approximate surface area is 247 Å². The lowest BCUT2D eigenvalue weighted by molar-refractivity contribution is -0.122. The average Bonchev–Trinajstić information content (AvgIpc) is 3.54. The molecule has 1 unspecified atom stereocenters. The minimum absolute atomic E-state index is 0.0228. The van der Waals surface area contributed by atoms with E-state index in [4.69, 9.17) is 4.74 Å². The number of carbonyl (C=O) groups excluding carboxylic acids is 3. The number of carbonyl (C=O) groups is 3. The number of thiophene rings is 1. The molecule has 3 heterocycles. The summed E-state index contributed by atoms with van der Waals surface area (Å²) in [4.78, 5) is 48.2. The number of pyridine rings is 1. The first-order valence-electron chi connectivity index (χ1n) is 13.9. The minimum atomic E-state index is -0.355. The van der Waals surface area contributed by atoms with Crippen molar-refractivity contribution in [2.75, 3.05) is 30.9 Å². The van der Waals surface area contributed by atoms with Crippen molar-refractivity contribution in [3.8, 4) is 11.5 Å². The molecule has 42 heavy (non-hydrogen) atoms. The second-order valence-electron chi connectivity index (χ2n) is 10.9. The number of hydrogen-bond acceptors (Lipinski definition) is 7. The quantitative estimate of drug-likeness (QED) is 0.255. The molecular formula is C31H32N6O4S. The summed E-state index contributed by atoms with van der Waals surface area (Å²) in [5.41, 5.74) is 2.70. The van der Waals surface area contributed by atoms with Crippen molar-refractivity contribution in [3.63, 3.8) is 0 Å². The Bertz CT molecular complexity index is 1670. The molecule has 0 saturated heterocycles. The second-order valence-corrected chi connectivity index (χ2v) is 11.9. The van der Waals surface area contributed by atoms with E-state index < -0.39 is 0 Å². The summed E-state index contributed by atoms with van der Waals surface area (Å²) in [6.07, 6.45) is 3.89. The zero-order valence-corrected chi connectivity index (χ0v) is 24.5. The molecule has 0 radical (unpaired) electrons. The molecule has 6 rings (SSSR count). The monoisotopic (exact) mass is 584 g/mol. The van der Waals surface area contributed by atoms with Crippen LogP contribution in [0.1, 0.15) is 34.5 Å². The molecule has 1 aliphatic carbocycles. The van der Waals surface area contributed by atoms with E-state index in [1.807, 2.05) is 74.4 Å². The smallest absolute Gasteiger partial charge is 0.331 e. The van der Waals surface area contributed by atoms with E-state index >= 15 is 0 Å². The maximum Gasteiger partial charge on any atom is 0.331 e. The van der Waals surface area contributed by atoms with Crippen LogP contribution in [0.5, 0.6) is 11.5 Å². The van der Waals surface area contributed by atoms with E-state index in [0.717, 1.165) is 29.5 Å². The number of amides is 4. The Kier molecular flexibility index (Phi) is 7.53. The molecule has 1 saturated carbocycles. The van der Waals surface area contributed by atoms with Gasteiger partial charge < -0.3 is 25.6 Å². The SMILES string of the molecule is Cc1cc(Oc2ccccc2)ccc1N1C(=O)Nc2c(C(=O)NC3CC[C@@H](NC(=O)CN(C)C)C3)sc3nccc1c23. The molecule has 3 N–H and O–H groups in total. The molecule has 4 aromatic rings. The standard InChI is InChI=1S/C31H32N6O4S/c1-18-15-22(41-21-7-5-4-6-8-21)11-12-23(18)37-24-13-14-32-30-26(24)27(35-31(37)40)28(42-30)29(39)34-20-10-9-19(16-20)33-25(38)17-36(2)3/h4-8,11-15,19-20H,9-10,16-17H2,1-3H3,(H,33,38)(H,34,39)(H,35,40)/t19-,20?/m1/s1. The van der Waals surface area contributed by atoms with Gasteiger partial charge in [-0.3, -0.25) is 14.5 Å². The fraction of sp³-hybridized carbons (Fsp3) is 0.290. The zero-order chi connectivity index (χ0) is 29.4. The fourth-order valence-corrected chi connectivity index (χ4v) is 6.63. The molecule has 2 aromatic carbocycles. The minimum Gasteiger partial charge on any atom is -0.457 e. The van der Waals surface area contributed by atoms with E-state index in [0.29, 0.717) is 45.5 Å². The van der Waals surface area contributed by atoms with Gasteiger partial charge >= 0.3 is 6.03 Å². The number of aromatic nitrogens is 1. The van der Waals surface area contributed by atoms with Crippen LogP contribution in [-0.4, -0.2) is 60.5 Å². The lowest BCUT2D eigenvalue weighted by Crippen LogP contribution is -2.40. The summed E-state index contributed by atoms with van der Waals surface area (Å²) >= 11 is 1.26. The summed E-state index contributed by atoms with van der Waals surface area (Å²) < 4.78 is 5.97. The van der Waals surface area contributed by atoms with Crippen molar-refractivity contribution in [2.24, 2.45) is 0 Å². The Morgan fingerprint density at radius 1 is 1.05 bits per heavy atom. The lowest BCUT2D eigenvalue weighted by atomic mass is 10.1. The highest BCUT2D eigenvalue weighted by Gasteiger charge is 2.34. The van der Waals surface area contributed by atoms with E-state index in [2.05, 4.69) is 20.9 Å². The van der Waals surface area contributed by atoms with Crippen LogP contribution in [-0.2, 0) is 4.79 Å². The molecule has 1 aliphatic heterocycles. The van der Waals surface area contributed by atoms with Gasteiger partial charge in [-0.15, -0.1) is 11.3 Å². The third kappa shape index (κ3) is 5.53. The fourth-order valence-electron chi connectivity index (χ4n) is 5.61. The van der Waals surface area contributed by atoms with Crippen LogP contribution in [0, 0.1) is 6.92 Å². The molecule has 216 valence electrons. The third-order valence-electron chi connectivity index (χ3n) is 7.43. The predicted octanol–water partition coefficient (Wildman–Crippen LogP) is 5.41. The number of likely N-dealkylation sites (N-methyl/N-ethyl adjacent to an activating group) is 1. The van der Waals surface area contributed by atoms with Gasteiger partial charge in [0.1, 0.15) is 21.2 Å². The number of urea groups is 1. The van der Waals surface area contributed by atoms with Crippen LogP contribution < -0.4 is 25.6 Å². The van der Waals surface area contributed by atoms with Crippen LogP contribution >= 0.6 is 11.3 Å². The molecule has 1 fully saturated rings. The van der Waals surface area contributed by atoms with Gasteiger partial charge in [0.15, 0.2) is 0 Å². The summed E-state index contributed by atoms with van der Waals surface area (Å²) in [7, 11) is 3.71. The number of anilines is 3. The van der Waals surface area contributed by atoms with Gasteiger partial charge in [-0.05, 0) is 82.2 Å². The van der Waals surface area contributed by atoms with Gasteiger partial charge in [0.25, 0.3) is 5.91 Å². The largest absolute Gasteiger partial charge is 0.457 e. The molecule has 4 amide bonds. The first kappa shape index (κ1) is 27.7. The molecule has 2 aromatic heterocycles. The van der Waals surface area contributed by atoms with Crippen molar-refractivity contribution in [1.29, 1.82) is 0 Å². The van der Waals surface area contributed by atoms with Crippen molar-refractivity contribution in [2.45, 2.75) is 38.3 Å². The molecule has 10 nitrogen and oxygen atoms in total. The number of hydrogen-bond donors (Lipinski definition) is 3. The van der Waals surface area contributed by atoms with Gasteiger partial charge in [-0.25, -0.2) is 9.78 Å². The summed E-state index contributed by atoms with van der Waals surface area (Å²) in [5, 5.41) is 9.86. The maximum absolute atomic E-state index is 13.6. The summed E-state index contributed by atoms with van der Waals surface area (Å²) in [6, 6.07) is 16.5. The van der Waals surface area contributed by atoms with Crippen LogP contribution in [0.15, 0.2) is 60.8 Å². The molecule has 11 heteroatoms. The highest BCUT2D eigenvalue weighted by molar-refractivity contribution is 7.21. The number of para-hydroxylation sites is 1. The Morgan fingerprint density at radius 3 is 2.55 bits per heavy atom. The second kappa shape index (κ2) is 11.4. The van der Waals surface area contributed by atoms with Crippen molar-refractivity contribution < 1.29 is 19.1 Å². The Balaban J connectivity index is 1.22. The molecule has 0 spiro atoms. The molecular weight excluding hydrogens is 552 g/mol. The maximum atomic E-state index is 13.6. The van der Waals surface area contributed by atoms with Gasteiger partial charge in [0, 0.05) is 18.3 Å². The normalized spacial score (nSPS) is 17.8. The van der Waals surface area contributed by atoms with Crippen molar-refractivity contribution in [1.82, 2.24) is 20.5 Å². The summed E-state index contributed by atoms with van der Waals surface area (Å²) in [5.74, 6) is 1.12. The van der Waals surface area contributed by atoms with Crippen LogP contribution in [0.4, 0.5) is 21.9 Å². The number of benzene rings is 2. The van der Waals surface area contributed by atoms with E-state index in [1.165, 1.54) is 11.3 Å². The predicted molar refractivity (Wildman–Crippen MR) is 164 cm³/mol. The first-order chi connectivity index (χ1) is 20.3. The van der Waals surface area contributed by atoms with Crippen LogP contribution in [0.25, 0.3) is 10.2 Å². The van der Waals surface area contributed by atoms with E-state index in [1.54, 1.807) is 17.2 Å². The van der Waals surface area contributed by atoms with E-state index in [-0.39, 0.29) is 29.9 Å². The van der Waals surface area contributed by atoms with Gasteiger partial charge in [-0.2, -0.15) is 0 Å². The van der Waals surface area contributed by atoms with Crippen molar-refractivity contribution in [3.05, 3.63) is 71.2 Å². The molecule has 2 atom stereocenters. The average molecular weight is 585 g/mol. The van der Waals surface area contributed by atoms with Crippen LogP contribution in [0.3, 0.4) is 0 Å². The highest BCUT2D eigenvalue weighted by Crippen LogP contribution is 2.46. The lowest BCUT2D eigenvalue weighted by Gasteiger charge is -2.29. The number of nitrogens with zero attached hydrogens (tertiary/aromatic N) is 3. The van der Waals surface area contributed by atoms with Crippen LogP contribution in [0.2, 0.25) is 0 Å². The number of aryl methyl sites for hydroxylation is 1. The number of rotatable bonds is 8.